The minimum absolute atomic E-state index is 0.930. The first kappa shape index (κ1) is 31.9. The van der Waals surface area contributed by atoms with Crippen molar-refractivity contribution in [3.8, 4) is 33.4 Å². The van der Waals surface area contributed by atoms with Crippen LogP contribution in [0.2, 0.25) is 0 Å². The Morgan fingerprint density at radius 1 is 0.293 bits per heavy atom. The highest BCUT2D eigenvalue weighted by Crippen LogP contribution is 2.46. The van der Waals surface area contributed by atoms with Crippen molar-refractivity contribution in [3.05, 3.63) is 194 Å². The summed E-state index contributed by atoms with van der Waals surface area (Å²) in [4.78, 5) is 0. The number of hydrogen-bond donors (Lipinski definition) is 0. The van der Waals surface area contributed by atoms with Gasteiger partial charge in [0.1, 0.15) is 11.2 Å². The topological polar surface area (TPSA) is 13.1 Å². The molecule has 0 aliphatic carbocycles. The van der Waals surface area contributed by atoms with Gasteiger partial charge in [-0.05, 0) is 124 Å². The number of furan rings is 1. The van der Waals surface area contributed by atoms with E-state index in [1.165, 1.54) is 107 Å². The Balaban J connectivity index is 0.957. The molecule has 0 unspecified atom stereocenters. The van der Waals surface area contributed by atoms with Crippen LogP contribution in [0, 0.1) is 0 Å². The van der Waals surface area contributed by atoms with Crippen molar-refractivity contribution in [2.75, 3.05) is 0 Å². The molecule has 0 atom stereocenters. The number of rotatable bonds is 3. The summed E-state index contributed by atoms with van der Waals surface area (Å²) in [5, 5.41) is 17.3. The highest BCUT2D eigenvalue weighted by molar-refractivity contribution is 7.25. The summed E-state index contributed by atoms with van der Waals surface area (Å²) in [5.74, 6) is 0. The molecule has 13 aromatic rings. The molecule has 0 aliphatic heterocycles. The van der Waals surface area contributed by atoms with Gasteiger partial charge < -0.3 is 4.42 Å². The lowest BCUT2D eigenvalue weighted by molar-refractivity contribution is 0.673. The molecular formula is C56H32OS. The maximum absolute atomic E-state index is 6.63. The Hall–Kier alpha value is -7.26. The van der Waals surface area contributed by atoms with E-state index in [2.05, 4.69) is 194 Å². The fourth-order valence-corrected chi connectivity index (χ4v) is 10.8. The second kappa shape index (κ2) is 12.1. The zero-order valence-corrected chi connectivity index (χ0v) is 32.1. The fraction of sp³-hybridized carbons (Fsp3) is 0. The molecule has 2 heteroatoms. The lowest BCUT2D eigenvalue weighted by atomic mass is 9.85. The molecule has 0 N–H and O–H groups in total. The summed E-state index contributed by atoms with van der Waals surface area (Å²) in [5.41, 5.74) is 9.34. The van der Waals surface area contributed by atoms with Gasteiger partial charge in [-0.3, -0.25) is 0 Å². The minimum Gasteiger partial charge on any atom is -0.455 e. The first-order chi connectivity index (χ1) is 28.7. The second-order valence-electron chi connectivity index (χ2n) is 15.6. The molecule has 1 nitrogen and oxygen atoms in total. The zero-order valence-electron chi connectivity index (χ0n) is 31.3. The lowest BCUT2D eigenvalue weighted by Gasteiger charge is -2.18. The maximum Gasteiger partial charge on any atom is 0.143 e. The van der Waals surface area contributed by atoms with Gasteiger partial charge in [-0.15, -0.1) is 11.3 Å². The van der Waals surface area contributed by atoms with Crippen molar-refractivity contribution in [2.45, 2.75) is 0 Å². The maximum atomic E-state index is 6.63. The molecule has 11 aromatic carbocycles. The van der Waals surface area contributed by atoms with Crippen LogP contribution in [0.3, 0.4) is 0 Å². The molecule has 0 radical (unpaired) electrons. The van der Waals surface area contributed by atoms with Gasteiger partial charge in [0.05, 0.1) is 0 Å². The monoisotopic (exact) mass is 752 g/mol. The smallest absolute Gasteiger partial charge is 0.143 e. The van der Waals surface area contributed by atoms with Gasteiger partial charge in [0.25, 0.3) is 0 Å². The first-order valence-corrected chi connectivity index (χ1v) is 20.7. The first-order valence-electron chi connectivity index (χ1n) is 19.9. The molecule has 13 rings (SSSR count). The van der Waals surface area contributed by atoms with Crippen molar-refractivity contribution in [1.82, 2.24) is 0 Å². The third-order valence-corrected chi connectivity index (χ3v) is 13.5. The fourth-order valence-electron chi connectivity index (χ4n) is 9.71. The lowest BCUT2D eigenvalue weighted by Crippen LogP contribution is -1.90. The van der Waals surface area contributed by atoms with E-state index in [0.717, 1.165) is 21.9 Å². The molecule has 268 valence electrons. The van der Waals surface area contributed by atoms with E-state index < -0.39 is 0 Å². The van der Waals surface area contributed by atoms with Crippen LogP contribution in [-0.2, 0) is 0 Å². The molecule has 0 aliphatic rings. The van der Waals surface area contributed by atoms with Crippen molar-refractivity contribution in [1.29, 1.82) is 0 Å². The highest BCUT2D eigenvalue weighted by atomic mass is 32.1. The molecule has 0 bridgehead atoms. The van der Waals surface area contributed by atoms with Crippen molar-refractivity contribution in [2.24, 2.45) is 0 Å². The Morgan fingerprint density at radius 2 is 0.810 bits per heavy atom. The quantitative estimate of drug-likeness (QED) is 0.164. The molecule has 0 spiro atoms. The van der Waals surface area contributed by atoms with Crippen LogP contribution in [0.15, 0.2) is 199 Å². The summed E-state index contributed by atoms with van der Waals surface area (Å²) in [6.45, 7) is 0. The van der Waals surface area contributed by atoms with Crippen LogP contribution in [-0.4, -0.2) is 0 Å². The summed E-state index contributed by atoms with van der Waals surface area (Å²) in [6, 6.07) is 71.6. The van der Waals surface area contributed by atoms with E-state index in [1.54, 1.807) is 0 Å². The van der Waals surface area contributed by atoms with Gasteiger partial charge in [0, 0.05) is 36.3 Å². The summed E-state index contributed by atoms with van der Waals surface area (Å²) in [6.07, 6.45) is 0. The van der Waals surface area contributed by atoms with E-state index in [-0.39, 0.29) is 0 Å². The molecule has 2 heterocycles. The van der Waals surface area contributed by atoms with Gasteiger partial charge in [-0.1, -0.05) is 152 Å². The summed E-state index contributed by atoms with van der Waals surface area (Å²) >= 11 is 1.88. The molecule has 58 heavy (non-hydrogen) atoms. The normalized spacial score (nSPS) is 12.1. The number of benzene rings is 11. The predicted molar refractivity (Wildman–Crippen MR) is 250 cm³/mol. The third kappa shape index (κ3) is 4.64. The third-order valence-electron chi connectivity index (χ3n) is 12.4. The largest absolute Gasteiger partial charge is 0.455 e. The number of thiophene rings is 1. The molecule has 0 amide bonds. The van der Waals surface area contributed by atoms with Crippen molar-refractivity contribution in [3.63, 3.8) is 0 Å². The SMILES string of the molecule is c1ccc2cc(-c3c4ccccc4c(-c4ccc5c(c4)sc4ccc(-c6ccc7ccc8c(oc9ccc%10ccccc%10c98)c7c6)cc45)c4ccccc34)ccc2c1. The summed E-state index contributed by atoms with van der Waals surface area (Å²) < 4.78 is 9.22. The molecular weight excluding hydrogens is 721 g/mol. The zero-order chi connectivity index (χ0) is 37.9. The van der Waals surface area contributed by atoms with Crippen LogP contribution in [0.5, 0.6) is 0 Å². The van der Waals surface area contributed by atoms with Crippen molar-refractivity contribution < 1.29 is 4.42 Å². The van der Waals surface area contributed by atoms with Crippen LogP contribution in [0.4, 0.5) is 0 Å². The Labute approximate surface area is 337 Å². The van der Waals surface area contributed by atoms with Crippen LogP contribution < -0.4 is 0 Å². The van der Waals surface area contributed by atoms with Crippen LogP contribution >= 0.6 is 11.3 Å². The standard InChI is InChI=1S/C56H32OS/c1-2-11-36-29-39(20-17-33(36)9-1)53-43-13-5-7-15-45(43)54(46-16-8-6-14-44(46)53)40-22-25-42-49-31-38(24-28-51(49)58-52(42)32-40)37-19-18-35-21-26-47-55-41-12-4-3-10-34(41)23-27-50(55)57-56(47)48(35)30-37/h1-32H. The molecule has 0 saturated carbocycles. The van der Waals surface area contributed by atoms with Gasteiger partial charge in [0.2, 0.25) is 0 Å². The van der Waals surface area contributed by atoms with Crippen molar-refractivity contribution >= 4 is 107 Å². The van der Waals surface area contributed by atoms with E-state index in [4.69, 9.17) is 4.42 Å². The average Bonchev–Trinajstić information content (AvgIpc) is 3.86. The Morgan fingerprint density at radius 3 is 1.57 bits per heavy atom. The van der Waals surface area contributed by atoms with E-state index in [1.807, 2.05) is 11.3 Å². The van der Waals surface area contributed by atoms with E-state index >= 15 is 0 Å². The number of fused-ring (bicyclic) bond motifs is 13. The highest BCUT2D eigenvalue weighted by Gasteiger charge is 2.19. The van der Waals surface area contributed by atoms with Crippen LogP contribution in [0.1, 0.15) is 0 Å². The molecule has 0 saturated heterocycles. The van der Waals surface area contributed by atoms with Gasteiger partial charge in [-0.2, -0.15) is 0 Å². The van der Waals surface area contributed by atoms with E-state index in [9.17, 15) is 0 Å². The average molecular weight is 753 g/mol. The van der Waals surface area contributed by atoms with Gasteiger partial charge in [0.15, 0.2) is 0 Å². The minimum atomic E-state index is 0.930. The Bertz CT molecular complexity index is 3810. The van der Waals surface area contributed by atoms with Gasteiger partial charge >= 0.3 is 0 Å². The predicted octanol–water partition coefficient (Wildman–Crippen LogP) is 16.7. The Kier molecular flexibility index (Phi) is 6.66. The summed E-state index contributed by atoms with van der Waals surface area (Å²) in [7, 11) is 0. The second-order valence-corrected chi connectivity index (χ2v) is 16.7. The number of hydrogen-bond acceptors (Lipinski definition) is 2. The molecule has 0 fully saturated rings. The van der Waals surface area contributed by atoms with E-state index in [0.29, 0.717) is 0 Å². The van der Waals surface area contributed by atoms with Gasteiger partial charge in [-0.25, -0.2) is 0 Å². The van der Waals surface area contributed by atoms with Crippen LogP contribution in [0.25, 0.3) is 129 Å². The molecule has 2 aromatic heterocycles.